The Hall–Kier alpha value is -1.74. The molecule has 0 atom stereocenters. The first kappa shape index (κ1) is 11.7. The molecule has 0 bridgehead atoms. The Balaban J connectivity index is 2.16. The zero-order chi connectivity index (χ0) is 12.3. The van der Waals surface area contributed by atoms with Crippen LogP contribution >= 0.6 is 0 Å². The number of aryl methyl sites for hydroxylation is 1. The summed E-state index contributed by atoms with van der Waals surface area (Å²) in [7, 11) is 2.08. The molecule has 0 spiro atoms. The normalized spacial score (nSPS) is 10.5. The molecule has 2 aromatic rings. The molecule has 0 unspecified atom stereocenters. The van der Waals surface area contributed by atoms with E-state index in [0.29, 0.717) is 6.54 Å². The smallest absolute Gasteiger partial charge is 0.0952 e. The molecule has 17 heavy (non-hydrogen) atoms. The minimum absolute atomic E-state index is 0.590. The summed E-state index contributed by atoms with van der Waals surface area (Å²) in [6.07, 6.45) is 3.48. The number of nitrogens with two attached hydrogens (primary N) is 1. The van der Waals surface area contributed by atoms with Gasteiger partial charge in [0.05, 0.1) is 12.5 Å². The summed E-state index contributed by atoms with van der Waals surface area (Å²) < 4.78 is 5.07. The quantitative estimate of drug-likeness (QED) is 0.878. The molecule has 0 aliphatic rings. The van der Waals surface area contributed by atoms with Crippen molar-refractivity contribution < 1.29 is 4.42 Å². The SMILES string of the molecule is Cc1cc(CN)ccc1N(C)Cc1ccoc1. The molecule has 1 aromatic heterocycles. The molecular formula is C14H18N2O. The van der Waals surface area contributed by atoms with Crippen LogP contribution in [-0.4, -0.2) is 7.05 Å². The van der Waals surface area contributed by atoms with E-state index in [0.717, 1.165) is 6.54 Å². The lowest BCUT2D eigenvalue weighted by Crippen LogP contribution is -2.17. The van der Waals surface area contributed by atoms with Crippen LogP contribution in [0.5, 0.6) is 0 Å². The van der Waals surface area contributed by atoms with Gasteiger partial charge in [0.1, 0.15) is 0 Å². The van der Waals surface area contributed by atoms with E-state index in [-0.39, 0.29) is 0 Å². The van der Waals surface area contributed by atoms with Gasteiger partial charge in [-0.3, -0.25) is 0 Å². The number of hydrogen-bond donors (Lipinski definition) is 1. The van der Waals surface area contributed by atoms with Crippen molar-refractivity contribution in [1.29, 1.82) is 0 Å². The lowest BCUT2D eigenvalue weighted by atomic mass is 10.1. The molecule has 1 aromatic carbocycles. The third-order valence-corrected chi connectivity index (χ3v) is 2.91. The maximum Gasteiger partial charge on any atom is 0.0952 e. The first-order valence-corrected chi connectivity index (χ1v) is 5.72. The second-order valence-electron chi connectivity index (χ2n) is 4.31. The number of nitrogens with zero attached hydrogens (tertiary/aromatic N) is 1. The van der Waals surface area contributed by atoms with Crippen molar-refractivity contribution >= 4 is 5.69 Å². The molecule has 2 rings (SSSR count). The summed E-state index contributed by atoms with van der Waals surface area (Å²) in [6, 6.07) is 8.33. The maximum atomic E-state index is 5.63. The Morgan fingerprint density at radius 3 is 2.65 bits per heavy atom. The molecule has 1 heterocycles. The summed E-state index contributed by atoms with van der Waals surface area (Å²) in [6.45, 7) is 3.55. The summed E-state index contributed by atoms with van der Waals surface area (Å²) in [5.74, 6) is 0. The Morgan fingerprint density at radius 2 is 2.06 bits per heavy atom. The van der Waals surface area contributed by atoms with Crippen LogP contribution in [0.1, 0.15) is 16.7 Å². The van der Waals surface area contributed by atoms with E-state index in [4.69, 9.17) is 10.2 Å². The summed E-state index contributed by atoms with van der Waals surface area (Å²) in [5.41, 5.74) is 10.4. The third-order valence-electron chi connectivity index (χ3n) is 2.91. The van der Waals surface area contributed by atoms with Gasteiger partial charge in [-0.25, -0.2) is 0 Å². The zero-order valence-corrected chi connectivity index (χ0v) is 10.3. The van der Waals surface area contributed by atoms with Crippen molar-refractivity contribution in [1.82, 2.24) is 0 Å². The van der Waals surface area contributed by atoms with Crippen LogP contribution in [0, 0.1) is 6.92 Å². The van der Waals surface area contributed by atoms with Crippen molar-refractivity contribution in [2.45, 2.75) is 20.0 Å². The number of anilines is 1. The van der Waals surface area contributed by atoms with E-state index < -0.39 is 0 Å². The minimum Gasteiger partial charge on any atom is -0.472 e. The first-order valence-electron chi connectivity index (χ1n) is 5.72. The van der Waals surface area contributed by atoms with Crippen LogP contribution < -0.4 is 10.6 Å². The monoisotopic (exact) mass is 230 g/mol. The molecule has 3 nitrogen and oxygen atoms in total. The van der Waals surface area contributed by atoms with Gasteiger partial charge in [0.15, 0.2) is 0 Å². The van der Waals surface area contributed by atoms with Gasteiger partial charge in [0, 0.05) is 31.4 Å². The number of benzene rings is 1. The second-order valence-corrected chi connectivity index (χ2v) is 4.31. The fourth-order valence-corrected chi connectivity index (χ4v) is 2.01. The number of hydrogen-bond acceptors (Lipinski definition) is 3. The van der Waals surface area contributed by atoms with Gasteiger partial charge in [-0.1, -0.05) is 12.1 Å². The van der Waals surface area contributed by atoms with Crippen molar-refractivity contribution in [3.8, 4) is 0 Å². The predicted octanol–water partition coefficient (Wildman–Crippen LogP) is 2.68. The first-order chi connectivity index (χ1) is 8.20. The van der Waals surface area contributed by atoms with Gasteiger partial charge in [-0.05, 0) is 30.2 Å². The molecule has 0 aliphatic carbocycles. The average Bonchev–Trinajstić information content (AvgIpc) is 2.81. The van der Waals surface area contributed by atoms with Crippen LogP contribution in [0.4, 0.5) is 5.69 Å². The molecule has 0 fully saturated rings. The highest BCUT2D eigenvalue weighted by Gasteiger charge is 2.06. The van der Waals surface area contributed by atoms with Gasteiger partial charge in [-0.15, -0.1) is 0 Å². The van der Waals surface area contributed by atoms with Crippen LogP contribution in [0.2, 0.25) is 0 Å². The topological polar surface area (TPSA) is 42.4 Å². The molecule has 0 saturated carbocycles. The van der Waals surface area contributed by atoms with Crippen molar-refractivity contribution in [2.75, 3.05) is 11.9 Å². The highest BCUT2D eigenvalue weighted by Crippen LogP contribution is 2.21. The Morgan fingerprint density at radius 1 is 1.24 bits per heavy atom. The highest BCUT2D eigenvalue weighted by atomic mass is 16.3. The van der Waals surface area contributed by atoms with Crippen LogP contribution in [-0.2, 0) is 13.1 Å². The maximum absolute atomic E-state index is 5.63. The molecule has 3 heteroatoms. The van der Waals surface area contributed by atoms with Crippen LogP contribution in [0.3, 0.4) is 0 Å². The van der Waals surface area contributed by atoms with Crippen LogP contribution in [0.15, 0.2) is 41.2 Å². The summed E-state index contributed by atoms with van der Waals surface area (Å²) >= 11 is 0. The Kier molecular flexibility index (Phi) is 3.49. The molecule has 0 aliphatic heterocycles. The molecular weight excluding hydrogens is 212 g/mol. The molecule has 90 valence electrons. The van der Waals surface area contributed by atoms with Crippen molar-refractivity contribution in [3.63, 3.8) is 0 Å². The zero-order valence-electron chi connectivity index (χ0n) is 10.3. The van der Waals surface area contributed by atoms with Gasteiger partial charge in [-0.2, -0.15) is 0 Å². The second kappa shape index (κ2) is 5.06. The highest BCUT2D eigenvalue weighted by molar-refractivity contribution is 5.54. The van der Waals surface area contributed by atoms with Crippen LogP contribution in [0.25, 0.3) is 0 Å². The van der Waals surface area contributed by atoms with E-state index >= 15 is 0 Å². The van der Waals surface area contributed by atoms with E-state index in [1.807, 2.05) is 6.07 Å². The minimum atomic E-state index is 0.590. The molecule has 2 N–H and O–H groups in total. The fourth-order valence-electron chi connectivity index (χ4n) is 2.01. The van der Waals surface area contributed by atoms with Gasteiger partial charge >= 0.3 is 0 Å². The fraction of sp³-hybridized carbons (Fsp3) is 0.286. The van der Waals surface area contributed by atoms with E-state index in [9.17, 15) is 0 Å². The third kappa shape index (κ3) is 2.68. The standard InChI is InChI=1S/C14H18N2O/c1-11-7-12(8-15)3-4-14(11)16(2)9-13-5-6-17-10-13/h3-7,10H,8-9,15H2,1-2H3. The van der Waals surface area contributed by atoms with Crippen molar-refractivity contribution in [2.24, 2.45) is 5.73 Å². The predicted molar refractivity (Wildman–Crippen MR) is 69.9 cm³/mol. The molecule has 0 radical (unpaired) electrons. The summed E-state index contributed by atoms with van der Waals surface area (Å²) in [4.78, 5) is 2.21. The molecule has 0 amide bonds. The summed E-state index contributed by atoms with van der Waals surface area (Å²) in [5, 5.41) is 0. The van der Waals surface area contributed by atoms with E-state index in [2.05, 4.69) is 37.1 Å². The van der Waals surface area contributed by atoms with Gasteiger partial charge in [0.2, 0.25) is 0 Å². The van der Waals surface area contributed by atoms with E-state index in [1.165, 1.54) is 22.4 Å². The Labute approximate surface area is 102 Å². The van der Waals surface area contributed by atoms with Gasteiger partial charge in [0.25, 0.3) is 0 Å². The van der Waals surface area contributed by atoms with E-state index in [1.54, 1.807) is 12.5 Å². The van der Waals surface area contributed by atoms with Crippen molar-refractivity contribution in [3.05, 3.63) is 53.5 Å². The molecule has 0 saturated heterocycles. The lowest BCUT2D eigenvalue weighted by molar-refractivity contribution is 0.563. The average molecular weight is 230 g/mol. The Bertz CT molecular complexity index is 477. The number of furan rings is 1. The largest absolute Gasteiger partial charge is 0.472 e. The van der Waals surface area contributed by atoms with Gasteiger partial charge < -0.3 is 15.1 Å². The number of rotatable bonds is 4. The lowest BCUT2D eigenvalue weighted by Gasteiger charge is -2.21.